The molecule has 132 valence electrons. The SMILES string of the molecule is Cl.Fc1cc(C(F)(F)F)ccc1[C@@H](N1CCNCC1)C(F)(F)F. The molecule has 1 saturated heterocycles. The number of hydrogen-bond donors (Lipinski definition) is 1. The van der Waals surface area contributed by atoms with Gasteiger partial charge in [-0.15, -0.1) is 12.4 Å². The van der Waals surface area contributed by atoms with Crippen molar-refractivity contribution in [3.63, 3.8) is 0 Å². The van der Waals surface area contributed by atoms with E-state index in [0.717, 1.165) is 4.90 Å². The number of halogens is 8. The van der Waals surface area contributed by atoms with E-state index in [1.54, 1.807) is 0 Å². The van der Waals surface area contributed by atoms with E-state index in [4.69, 9.17) is 0 Å². The van der Waals surface area contributed by atoms with E-state index in [1.807, 2.05) is 0 Å². The van der Waals surface area contributed by atoms with E-state index in [1.165, 1.54) is 0 Å². The Labute approximate surface area is 134 Å². The fraction of sp³-hybridized carbons (Fsp3) is 0.538. The summed E-state index contributed by atoms with van der Waals surface area (Å²) in [5, 5.41) is 2.86. The average Bonchev–Trinajstić information content (AvgIpc) is 2.39. The summed E-state index contributed by atoms with van der Waals surface area (Å²) in [6.45, 7) is 0.666. The highest BCUT2D eigenvalue weighted by molar-refractivity contribution is 5.85. The van der Waals surface area contributed by atoms with Crippen LogP contribution in [-0.2, 0) is 6.18 Å². The summed E-state index contributed by atoms with van der Waals surface area (Å²) < 4.78 is 91.1. The zero-order chi connectivity index (χ0) is 16.5. The monoisotopic (exact) mass is 366 g/mol. The predicted molar refractivity (Wildman–Crippen MR) is 71.9 cm³/mol. The topological polar surface area (TPSA) is 15.3 Å². The Bertz CT molecular complexity index is 524. The lowest BCUT2D eigenvalue weighted by molar-refractivity contribution is -0.188. The van der Waals surface area contributed by atoms with Crippen molar-refractivity contribution in [1.82, 2.24) is 10.2 Å². The number of alkyl halides is 6. The minimum atomic E-state index is -4.80. The molecule has 1 aliphatic rings. The normalized spacial score (nSPS) is 18.4. The molecule has 2 nitrogen and oxygen atoms in total. The van der Waals surface area contributed by atoms with E-state index in [-0.39, 0.29) is 31.6 Å². The molecule has 1 aromatic carbocycles. The van der Waals surface area contributed by atoms with Gasteiger partial charge in [0.1, 0.15) is 11.9 Å². The van der Waals surface area contributed by atoms with Crippen LogP contribution in [-0.4, -0.2) is 37.3 Å². The third-order valence-electron chi connectivity index (χ3n) is 3.45. The first-order valence-corrected chi connectivity index (χ1v) is 6.49. The molecule has 10 heteroatoms. The van der Waals surface area contributed by atoms with E-state index < -0.39 is 35.3 Å². The zero-order valence-electron chi connectivity index (χ0n) is 11.6. The lowest BCUT2D eigenvalue weighted by atomic mass is 10.0. The Morgan fingerprint density at radius 1 is 1.00 bits per heavy atom. The molecule has 0 amide bonds. The highest BCUT2D eigenvalue weighted by Gasteiger charge is 2.46. The summed E-state index contributed by atoms with van der Waals surface area (Å²) in [6.07, 6.45) is -9.58. The van der Waals surface area contributed by atoms with Gasteiger partial charge in [-0.1, -0.05) is 6.07 Å². The van der Waals surface area contributed by atoms with Gasteiger partial charge in [-0.25, -0.2) is 4.39 Å². The molecule has 23 heavy (non-hydrogen) atoms. The van der Waals surface area contributed by atoms with E-state index in [9.17, 15) is 30.7 Å². The largest absolute Gasteiger partial charge is 0.416 e. The molecular weight excluding hydrogens is 353 g/mol. The molecule has 0 aromatic heterocycles. The third kappa shape index (κ3) is 4.71. The standard InChI is InChI=1S/C13H13F7N2.ClH/c14-10-7-8(12(15,16)17)1-2-9(10)11(13(18,19)20)22-5-3-21-4-6-22;/h1-2,7,11,21H,3-6H2;1H/t11-;/m1./s1. The fourth-order valence-corrected chi connectivity index (χ4v) is 2.45. The molecule has 1 N–H and O–H groups in total. The molecule has 0 radical (unpaired) electrons. The highest BCUT2D eigenvalue weighted by Crippen LogP contribution is 2.40. The first-order chi connectivity index (χ1) is 10.1. The summed E-state index contributed by atoms with van der Waals surface area (Å²) in [6, 6.07) is -1.11. The van der Waals surface area contributed by atoms with Gasteiger partial charge in [0.2, 0.25) is 0 Å². The van der Waals surface area contributed by atoms with Crippen LogP contribution in [0.1, 0.15) is 17.2 Å². The maximum Gasteiger partial charge on any atom is 0.416 e. The van der Waals surface area contributed by atoms with Crippen LogP contribution in [0.5, 0.6) is 0 Å². The molecule has 0 saturated carbocycles. The molecule has 0 aliphatic carbocycles. The van der Waals surface area contributed by atoms with Crippen LogP contribution in [0.2, 0.25) is 0 Å². The first kappa shape index (κ1) is 20.0. The summed E-state index contributed by atoms with van der Waals surface area (Å²) in [7, 11) is 0. The van der Waals surface area contributed by atoms with E-state index in [0.29, 0.717) is 25.2 Å². The number of benzene rings is 1. The van der Waals surface area contributed by atoms with Crippen LogP contribution in [0.3, 0.4) is 0 Å². The molecule has 0 unspecified atom stereocenters. The molecule has 0 bridgehead atoms. The van der Waals surface area contributed by atoms with Crippen molar-refractivity contribution in [3.05, 3.63) is 35.1 Å². The Balaban J connectivity index is 0.00000264. The number of rotatable bonds is 2. The van der Waals surface area contributed by atoms with Gasteiger partial charge in [-0.05, 0) is 12.1 Å². The molecule has 1 fully saturated rings. The van der Waals surface area contributed by atoms with Crippen LogP contribution in [0.25, 0.3) is 0 Å². The van der Waals surface area contributed by atoms with Crippen molar-refractivity contribution < 1.29 is 30.7 Å². The smallest absolute Gasteiger partial charge is 0.314 e. The van der Waals surface area contributed by atoms with Crippen LogP contribution in [0.4, 0.5) is 30.7 Å². The average molecular weight is 367 g/mol. The van der Waals surface area contributed by atoms with Crippen molar-refractivity contribution in [1.29, 1.82) is 0 Å². The summed E-state index contributed by atoms with van der Waals surface area (Å²) in [5.41, 5.74) is -2.10. The van der Waals surface area contributed by atoms with Crippen molar-refractivity contribution in [3.8, 4) is 0 Å². The molecule has 1 aromatic rings. The highest BCUT2D eigenvalue weighted by atomic mass is 35.5. The van der Waals surface area contributed by atoms with E-state index in [2.05, 4.69) is 5.32 Å². The third-order valence-corrected chi connectivity index (χ3v) is 3.45. The molecule has 2 rings (SSSR count). The van der Waals surface area contributed by atoms with Crippen LogP contribution < -0.4 is 5.32 Å². The van der Waals surface area contributed by atoms with Crippen molar-refractivity contribution in [2.75, 3.05) is 26.2 Å². The van der Waals surface area contributed by atoms with Crippen molar-refractivity contribution >= 4 is 12.4 Å². The lowest BCUT2D eigenvalue weighted by Crippen LogP contribution is -2.49. The second-order valence-electron chi connectivity index (χ2n) is 4.96. The first-order valence-electron chi connectivity index (χ1n) is 6.49. The maximum atomic E-state index is 13.9. The number of nitrogens with zero attached hydrogens (tertiary/aromatic N) is 1. The van der Waals surface area contributed by atoms with Gasteiger partial charge < -0.3 is 5.32 Å². The van der Waals surface area contributed by atoms with Gasteiger partial charge in [-0.3, -0.25) is 4.90 Å². The molecular formula is C13H14ClF7N2. The van der Waals surface area contributed by atoms with Crippen LogP contribution >= 0.6 is 12.4 Å². The van der Waals surface area contributed by atoms with Crippen LogP contribution in [0, 0.1) is 5.82 Å². The Morgan fingerprint density at radius 3 is 2.00 bits per heavy atom. The van der Waals surface area contributed by atoms with E-state index >= 15 is 0 Å². The number of hydrogen-bond acceptors (Lipinski definition) is 2. The van der Waals surface area contributed by atoms with Gasteiger partial charge >= 0.3 is 12.4 Å². The van der Waals surface area contributed by atoms with Crippen molar-refractivity contribution in [2.45, 2.75) is 18.4 Å². The molecule has 1 heterocycles. The predicted octanol–water partition coefficient (Wildman–Crippen LogP) is 3.77. The molecule has 0 spiro atoms. The summed E-state index contributed by atoms with van der Waals surface area (Å²) >= 11 is 0. The maximum absolute atomic E-state index is 13.9. The fourth-order valence-electron chi connectivity index (χ4n) is 2.45. The second kappa shape index (κ2) is 7.23. The molecule has 1 aliphatic heterocycles. The van der Waals surface area contributed by atoms with Gasteiger partial charge in [-0.2, -0.15) is 26.3 Å². The Hall–Kier alpha value is -1.06. The zero-order valence-corrected chi connectivity index (χ0v) is 12.5. The lowest BCUT2D eigenvalue weighted by Gasteiger charge is -2.36. The number of nitrogens with one attached hydrogen (secondary N) is 1. The Kier molecular flexibility index (Phi) is 6.28. The quantitative estimate of drug-likeness (QED) is 0.802. The van der Waals surface area contributed by atoms with Crippen LogP contribution in [0.15, 0.2) is 18.2 Å². The summed E-state index contributed by atoms with van der Waals surface area (Å²) in [4.78, 5) is 1.02. The van der Waals surface area contributed by atoms with Gasteiger partial charge in [0.15, 0.2) is 0 Å². The minimum absolute atomic E-state index is 0. The van der Waals surface area contributed by atoms with Gasteiger partial charge in [0.25, 0.3) is 0 Å². The Morgan fingerprint density at radius 2 is 1.57 bits per heavy atom. The molecule has 1 atom stereocenters. The van der Waals surface area contributed by atoms with Gasteiger partial charge in [0, 0.05) is 31.7 Å². The minimum Gasteiger partial charge on any atom is -0.314 e. The summed E-state index contributed by atoms with van der Waals surface area (Å²) in [5.74, 6) is -1.50. The number of piperazine rings is 1. The van der Waals surface area contributed by atoms with Gasteiger partial charge in [0.05, 0.1) is 5.56 Å². The van der Waals surface area contributed by atoms with Crippen molar-refractivity contribution in [2.24, 2.45) is 0 Å². The second-order valence-corrected chi connectivity index (χ2v) is 4.96.